The van der Waals surface area contributed by atoms with Gasteiger partial charge >= 0.3 is 5.97 Å². The molecule has 0 amide bonds. The van der Waals surface area contributed by atoms with Gasteiger partial charge in [-0.1, -0.05) is 6.92 Å². The fraction of sp³-hybridized carbons (Fsp3) is 0.938. The first-order chi connectivity index (χ1) is 9.53. The van der Waals surface area contributed by atoms with E-state index in [1.807, 2.05) is 13.8 Å². The lowest BCUT2D eigenvalue weighted by Gasteiger charge is -2.47. The van der Waals surface area contributed by atoms with Crippen LogP contribution in [0.3, 0.4) is 0 Å². The van der Waals surface area contributed by atoms with E-state index < -0.39 is 5.54 Å². The zero-order valence-corrected chi connectivity index (χ0v) is 14.7. The molecule has 5 nitrogen and oxygen atoms in total. The monoisotopic (exact) mass is 300 g/mol. The van der Waals surface area contributed by atoms with Gasteiger partial charge in [0.2, 0.25) is 0 Å². The van der Waals surface area contributed by atoms with Crippen LogP contribution in [0, 0.1) is 0 Å². The molecule has 1 atom stereocenters. The summed E-state index contributed by atoms with van der Waals surface area (Å²) in [4.78, 5) is 14.4. The van der Waals surface area contributed by atoms with Gasteiger partial charge < -0.3 is 14.8 Å². The van der Waals surface area contributed by atoms with Crippen LogP contribution in [0.1, 0.15) is 48.0 Å². The number of hydrogen-bond acceptors (Lipinski definition) is 5. The maximum atomic E-state index is 12.0. The van der Waals surface area contributed by atoms with Crippen LogP contribution in [0.25, 0.3) is 0 Å². The second-order valence-electron chi connectivity index (χ2n) is 7.44. The van der Waals surface area contributed by atoms with Crippen LogP contribution in [0.5, 0.6) is 0 Å². The zero-order valence-electron chi connectivity index (χ0n) is 14.7. The smallest absolute Gasteiger partial charge is 0.325 e. The second kappa shape index (κ2) is 6.63. The minimum Gasteiger partial charge on any atom is -0.468 e. The Bertz CT molecular complexity index is 353. The second-order valence-corrected chi connectivity index (χ2v) is 7.44. The third-order valence-electron chi connectivity index (χ3n) is 3.89. The van der Waals surface area contributed by atoms with Crippen molar-refractivity contribution in [2.45, 2.75) is 64.7 Å². The lowest BCUT2D eigenvalue weighted by atomic mass is 9.94. The first-order valence-corrected chi connectivity index (χ1v) is 7.79. The number of methoxy groups -OCH3 is 1. The van der Waals surface area contributed by atoms with Crippen molar-refractivity contribution in [2.75, 3.05) is 33.3 Å². The molecule has 1 saturated heterocycles. The normalized spacial score (nSPS) is 24.3. The predicted octanol–water partition coefficient (Wildman–Crippen LogP) is 1.81. The largest absolute Gasteiger partial charge is 0.468 e. The van der Waals surface area contributed by atoms with Crippen molar-refractivity contribution in [1.29, 1.82) is 0 Å². The number of carbonyl (C=O) groups excluding carboxylic acids is 1. The fourth-order valence-electron chi connectivity index (χ4n) is 3.36. The van der Waals surface area contributed by atoms with Gasteiger partial charge in [0, 0.05) is 19.6 Å². The first-order valence-electron chi connectivity index (χ1n) is 7.79. The van der Waals surface area contributed by atoms with E-state index >= 15 is 0 Å². The molecule has 1 rings (SSSR count). The summed E-state index contributed by atoms with van der Waals surface area (Å²) in [5.74, 6) is -0.198. The molecule has 1 unspecified atom stereocenters. The SMILES string of the molecule is CCNC(C)(CCN1CC(C)(C)OC(C)(C)C1)C(=O)OC. The summed E-state index contributed by atoms with van der Waals surface area (Å²) in [6.07, 6.45) is 0.722. The molecule has 1 aliphatic rings. The van der Waals surface area contributed by atoms with Crippen molar-refractivity contribution < 1.29 is 14.3 Å². The molecular weight excluding hydrogens is 268 g/mol. The molecule has 1 fully saturated rings. The molecule has 0 spiro atoms. The molecule has 0 aliphatic carbocycles. The van der Waals surface area contributed by atoms with E-state index in [2.05, 4.69) is 37.9 Å². The van der Waals surface area contributed by atoms with Gasteiger partial charge in [-0.3, -0.25) is 9.69 Å². The topological polar surface area (TPSA) is 50.8 Å². The molecular formula is C16H32N2O3. The Kier molecular flexibility index (Phi) is 5.81. The molecule has 1 heterocycles. The Morgan fingerprint density at radius 2 is 1.81 bits per heavy atom. The fourth-order valence-corrected chi connectivity index (χ4v) is 3.36. The van der Waals surface area contributed by atoms with E-state index in [0.717, 1.165) is 32.6 Å². The first kappa shape index (κ1) is 18.4. The number of rotatable bonds is 6. The van der Waals surface area contributed by atoms with E-state index in [0.29, 0.717) is 0 Å². The zero-order chi connectivity index (χ0) is 16.3. The van der Waals surface area contributed by atoms with Gasteiger partial charge in [-0.25, -0.2) is 0 Å². The highest BCUT2D eigenvalue weighted by atomic mass is 16.5. The Hall–Kier alpha value is -0.650. The molecule has 0 bridgehead atoms. The summed E-state index contributed by atoms with van der Waals surface area (Å²) < 4.78 is 11.0. The van der Waals surface area contributed by atoms with Crippen molar-refractivity contribution in [2.24, 2.45) is 0 Å². The van der Waals surface area contributed by atoms with Crippen LogP contribution in [-0.4, -0.2) is 60.9 Å². The molecule has 5 heteroatoms. The highest BCUT2D eigenvalue weighted by Gasteiger charge is 2.40. The number of nitrogens with zero attached hydrogens (tertiary/aromatic N) is 1. The Labute approximate surface area is 129 Å². The molecule has 0 radical (unpaired) electrons. The number of esters is 1. The van der Waals surface area contributed by atoms with Crippen molar-refractivity contribution in [3.05, 3.63) is 0 Å². The highest BCUT2D eigenvalue weighted by Crippen LogP contribution is 2.28. The molecule has 1 N–H and O–H groups in total. The summed E-state index contributed by atoms with van der Waals surface area (Å²) in [5.41, 5.74) is -0.959. The molecule has 0 aromatic carbocycles. The lowest BCUT2D eigenvalue weighted by Crippen LogP contribution is -2.59. The molecule has 1 aliphatic heterocycles. The third-order valence-corrected chi connectivity index (χ3v) is 3.89. The highest BCUT2D eigenvalue weighted by molar-refractivity contribution is 5.80. The Morgan fingerprint density at radius 3 is 2.24 bits per heavy atom. The third kappa shape index (κ3) is 5.24. The predicted molar refractivity (Wildman–Crippen MR) is 84.4 cm³/mol. The van der Waals surface area contributed by atoms with Gasteiger partial charge in [-0.15, -0.1) is 0 Å². The van der Waals surface area contributed by atoms with E-state index in [-0.39, 0.29) is 17.2 Å². The van der Waals surface area contributed by atoms with Gasteiger partial charge in [0.05, 0.1) is 18.3 Å². The van der Waals surface area contributed by atoms with Crippen LogP contribution in [0.4, 0.5) is 0 Å². The Morgan fingerprint density at radius 1 is 1.29 bits per heavy atom. The standard InChI is InChI=1S/C16H32N2O3/c1-8-17-16(6,13(19)20-7)9-10-18-11-14(2,3)21-15(4,5)12-18/h17H,8-12H2,1-7H3. The van der Waals surface area contributed by atoms with Gasteiger partial charge in [-0.05, 0) is 47.6 Å². The van der Waals surface area contributed by atoms with Crippen LogP contribution < -0.4 is 5.32 Å². The summed E-state index contributed by atoms with van der Waals surface area (Å²) in [6.45, 7) is 15.7. The average Bonchev–Trinajstić information content (AvgIpc) is 2.32. The van der Waals surface area contributed by atoms with E-state index in [9.17, 15) is 4.79 Å². The maximum Gasteiger partial charge on any atom is 0.325 e. The number of carbonyl (C=O) groups is 1. The van der Waals surface area contributed by atoms with Gasteiger partial charge in [0.1, 0.15) is 5.54 Å². The van der Waals surface area contributed by atoms with Crippen molar-refractivity contribution in [1.82, 2.24) is 10.2 Å². The molecule has 0 saturated carbocycles. The van der Waals surface area contributed by atoms with Crippen molar-refractivity contribution in [3.8, 4) is 0 Å². The number of ether oxygens (including phenoxy) is 2. The summed E-state index contributed by atoms with van der Waals surface area (Å²) in [7, 11) is 1.44. The van der Waals surface area contributed by atoms with E-state index in [1.54, 1.807) is 0 Å². The number of nitrogens with one attached hydrogen (secondary N) is 1. The summed E-state index contributed by atoms with van der Waals surface area (Å²) >= 11 is 0. The van der Waals surface area contributed by atoms with E-state index in [4.69, 9.17) is 9.47 Å². The van der Waals surface area contributed by atoms with Crippen LogP contribution in [0.15, 0.2) is 0 Å². The van der Waals surface area contributed by atoms with Crippen molar-refractivity contribution in [3.63, 3.8) is 0 Å². The average molecular weight is 300 g/mol. The van der Waals surface area contributed by atoms with Crippen LogP contribution >= 0.6 is 0 Å². The Balaban J connectivity index is 2.69. The van der Waals surface area contributed by atoms with Gasteiger partial charge in [0.15, 0.2) is 0 Å². The molecule has 0 aromatic heterocycles. The quantitative estimate of drug-likeness (QED) is 0.758. The molecule has 21 heavy (non-hydrogen) atoms. The van der Waals surface area contributed by atoms with Crippen LogP contribution in [0.2, 0.25) is 0 Å². The summed E-state index contributed by atoms with van der Waals surface area (Å²) in [6, 6.07) is 0. The lowest BCUT2D eigenvalue weighted by molar-refractivity contribution is -0.181. The molecule has 124 valence electrons. The number of hydrogen-bond donors (Lipinski definition) is 1. The van der Waals surface area contributed by atoms with E-state index in [1.165, 1.54) is 7.11 Å². The number of likely N-dealkylation sites (N-methyl/N-ethyl adjacent to an activating group) is 1. The summed E-state index contributed by atoms with van der Waals surface area (Å²) in [5, 5.41) is 3.26. The van der Waals surface area contributed by atoms with Gasteiger partial charge in [0.25, 0.3) is 0 Å². The van der Waals surface area contributed by atoms with Crippen molar-refractivity contribution >= 4 is 5.97 Å². The maximum absolute atomic E-state index is 12.0. The molecule has 0 aromatic rings. The minimum absolute atomic E-state index is 0.165. The number of morpholine rings is 1. The van der Waals surface area contributed by atoms with Crippen LogP contribution in [-0.2, 0) is 14.3 Å². The van der Waals surface area contributed by atoms with Gasteiger partial charge in [-0.2, -0.15) is 0 Å². The minimum atomic E-state index is -0.629.